The quantitative estimate of drug-likeness (QED) is 0.528. The van der Waals surface area contributed by atoms with Gasteiger partial charge in [-0.05, 0) is 30.3 Å². The van der Waals surface area contributed by atoms with Crippen LogP contribution in [0.2, 0.25) is 0 Å². The molecule has 2 heterocycles. The molecule has 6 nitrogen and oxygen atoms in total. The van der Waals surface area contributed by atoms with Crippen LogP contribution in [0.3, 0.4) is 0 Å². The van der Waals surface area contributed by atoms with Gasteiger partial charge in [0.05, 0.1) is 16.2 Å². The standard InChI is InChI=1S/C19H12BrN3O3S2/c20-10-6-7-13-12(8-10)15(16-17(25)22-19(27)28-16)18(26)23(13)9-14(24)21-11-4-2-1-3-5-11/h1-8H,9H2,(H,21,24)(H,22,25,27)/b16-15+. The molecule has 4 rings (SSSR count). The lowest BCUT2D eigenvalue weighted by molar-refractivity contribution is -0.118. The second kappa shape index (κ2) is 7.50. The van der Waals surface area contributed by atoms with E-state index in [-0.39, 0.29) is 22.9 Å². The number of hydrogen-bond acceptors (Lipinski definition) is 5. The van der Waals surface area contributed by atoms with E-state index in [2.05, 4.69) is 26.6 Å². The van der Waals surface area contributed by atoms with Crippen LogP contribution >= 0.6 is 39.9 Å². The molecule has 28 heavy (non-hydrogen) atoms. The summed E-state index contributed by atoms with van der Waals surface area (Å²) in [5.41, 5.74) is 2.07. The average molecular weight is 474 g/mol. The van der Waals surface area contributed by atoms with Crippen molar-refractivity contribution in [3.05, 3.63) is 63.5 Å². The Morgan fingerprint density at radius 3 is 2.61 bits per heavy atom. The van der Waals surface area contributed by atoms with Crippen LogP contribution in [-0.2, 0) is 14.4 Å². The first-order valence-electron chi connectivity index (χ1n) is 8.18. The van der Waals surface area contributed by atoms with Crippen LogP contribution in [0.1, 0.15) is 5.56 Å². The van der Waals surface area contributed by atoms with Crippen LogP contribution in [0.5, 0.6) is 0 Å². The predicted molar refractivity (Wildman–Crippen MR) is 117 cm³/mol. The van der Waals surface area contributed by atoms with Crippen molar-refractivity contribution < 1.29 is 14.4 Å². The van der Waals surface area contributed by atoms with Gasteiger partial charge in [0, 0.05) is 15.7 Å². The fourth-order valence-electron chi connectivity index (χ4n) is 3.02. The number of halogens is 1. The van der Waals surface area contributed by atoms with Crippen LogP contribution in [0.25, 0.3) is 5.57 Å². The number of fused-ring (bicyclic) bond motifs is 1. The normalized spacial score (nSPS) is 18.3. The van der Waals surface area contributed by atoms with Crippen molar-refractivity contribution in [1.82, 2.24) is 5.32 Å². The lowest BCUT2D eigenvalue weighted by Crippen LogP contribution is -2.35. The molecule has 2 aromatic carbocycles. The SMILES string of the molecule is O=C(CN1C(=O)/C(=C2/SC(=S)NC2=O)c2cc(Br)ccc21)Nc1ccccc1. The van der Waals surface area contributed by atoms with Gasteiger partial charge in [0.2, 0.25) is 5.91 Å². The van der Waals surface area contributed by atoms with Crippen LogP contribution < -0.4 is 15.5 Å². The lowest BCUT2D eigenvalue weighted by Gasteiger charge is -2.16. The number of nitrogens with one attached hydrogen (secondary N) is 2. The first kappa shape index (κ1) is 18.9. The van der Waals surface area contributed by atoms with Crippen molar-refractivity contribution in [1.29, 1.82) is 0 Å². The van der Waals surface area contributed by atoms with Gasteiger partial charge in [0.15, 0.2) is 0 Å². The van der Waals surface area contributed by atoms with E-state index >= 15 is 0 Å². The monoisotopic (exact) mass is 473 g/mol. The molecule has 0 aromatic heterocycles. The van der Waals surface area contributed by atoms with Crippen LogP contribution in [0, 0.1) is 0 Å². The van der Waals surface area contributed by atoms with E-state index in [1.54, 1.807) is 30.3 Å². The van der Waals surface area contributed by atoms with Gasteiger partial charge >= 0.3 is 0 Å². The predicted octanol–water partition coefficient (Wildman–Crippen LogP) is 3.29. The molecule has 9 heteroatoms. The van der Waals surface area contributed by atoms with Gasteiger partial charge in [0.25, 0.3) is 11.8 Å². The maximum atomic E-state index is 13.1. The van der Waals surface area contributed by atoms with E-state index < -0.39 is 11.8 Å². The molecule has 0 saturated carbocycles. The third-order valence-corrected chi connectivity index (χ3v) is 5.91. The molecule has 0 bridgehead atoms. The van der Waals surface area contributed by atoms with Crippen molar-refractivity contribution in [3.8, 4) is 0 Å². The Balaban J connectivity index is 1.69. The first-order valence-corrected chi connectivity index (χ1v) is 10.2. The molecule has 2 aromatic rings. The first-order chi connectivity index (χ1) is 13.4. The summed E-state index contributed by atoms with van der Waals surface area (Å²) in [5.74, 6) is -1.14. The van der Waals surface area contributed by atoms with Gasteiger partial charge < -0.3 is 10.6 Å². The van der Waals surface area contributed by atoms with E-state index in [1.165, 1.54) is 4.90 Å². The molecule has 1 saturated heterocycles. The van der Waals surface area contributed by atoms with E-state index in [0.717, 1.165) is 16.2 Å². The highest BCUT2D eigenvalue weighted by atomic mass is 79.9. The summed E-state index contributed by atoms with van der Waals surface area (Å²) in [6, 6.07) is 14.3. The van der Waals surface area contributed by atoms with Crippen molar-refractivity contribution in [2.45, 2.75) is 0 Å². The van der Waals surface area contributed by atoms with Gasteiger partial charge in [-0.2, -0.15) is 0 Å². The number of carbonyl (C=O) groups excluding carboxylic acids is 3. The fourth-order valence-corrected chi connectivity index (χ4v) is 4.50. The van der Waals surface area contributed by atoms with E-state index in [4.69, 9.17) is 12.2 Å². The van der Waals surface area contributed by atoms with Crippen molar-refractivity contribution in [2.75, 3.05) is 16.8 Å². The molecule has 0 atom stereocenters. The number of thioether (sulfide) groups is 1. The summed E-state index contributed by atoms with van der Waals surface area (Å²) in [6.45, 7) is -0.171. The molecule has 3 amide bonds. The number of anilines is 2. The summed E-state index contributed by atoms with van der Waals surface area (Å²) >= 11 is 9.50. The number of benzene rings is 2. The minimum atomic E-state index is -0.404. The number of rotatable bonds is 3. The second-order valence-corrected chi connectivity index (χ2v) is 8.62. The Bertz CT molecular complexity index is 1070. The third kappa shape index (κ3) is 3.48. The highest BCUT2D eigenvalue weighted by Crippen LogP contribution is 2.43. The maximum Gasteiger partial charge on any atom is 0.264 e. The van der Waals surface area contributed by atoms with Gasteiger partial charge in [-0.3, -0.25) is 19.3 Å². The molecule has 2 aliphatic heterocycles. The van der Waals surface area contributed by atoms with Crippen molar-refractivity contribution >= 4 is 78.9 Å². The zero-order valence-corrected chi connectivity index (χ0v) is 17.4. The summed E-state index contributed by atoms with van der Waals surface area (Å²) in [5, 5.41) is 5.30. The smallest absolute Gasteiger partial charge is 0.264 e. The lowest BCUT2D eigenvalue weighted by atomic mass is 10.1. The van der Waals surface area contributed by atoms with Gasteiger partial charge in [-0.15, -0.1) is 0 Å². The molecule has 140 valence electrons. The topological polar surface area (TPSA) is 78.5 Å². The third-order valence-electron chi connectivity index (χ3n) is 4.18. The van der Waals surface area contributed by atoms with Gasteiger partial charge in [-0.1, -0.05) is 58.1 Å². The number of carbonyl (C=O) groups is 3. The van der Waals surface area contributed by atoms with Crippen LogP contribution in [-0.4, -0.2) is 28.6 Å². The van der Waals surface area contributed by atoms with Crippen molar-refractivity contribution in [2.24, 2.45) is 0 Å². The number of amides is 3. The van der Waals surface area contributed by atoms with E-state index in [1.807, 2.05) is 18.2 Å². The van der Waals surface area contributed by atoms with E-state index in [0.29, 0.717) is 21.3 Å². The summed E-state index contributed by atoms with van der Waals surface area (Å²) in [4.78, 5) is 39.5. The number of para-hydroxylation sites is 1. The van der Waals surface area contributed by atoms with Gasteiger partial charge in [-0.25, -0.2) is 0 Å². The Hall–Kier alpha value is -2.49. The average Bonchev–Trinajstić information content (AvgIpc) is 3.11. The molecule has 0 unspecified atom stereocenters. The zero-order valence-electron chi connectivity index (χ0n) is 14.2. The molecule has 1 fully saturated rings. The number of nitrogens with zero attached hydrogens (tertiary/aromatic N) is 1. The summed E-state index contributed by atoms with van der Waals surface area (Å²) < 4.78 is 1.07. The highest BCUT2D eigenvalue weighted by molar-refractivity contribution is 9.10. The Kier molecular flexibility index (Phi) is 5.05. The largest absolute Gasteiger partial charge is 0.325 e. The Morgan fingerprint density at radius 1 is 1.18 bits per heavy atom. The Morgan fingerprint density at radius 2 is 1.93 bits per heavy atom. The van der Waals surface area contributed by atoms with Crippen molar-refractivity contribution in [3.63, 3.8) is 0 Å². The minimum Gasteiger partial charge on any atom is -0.325 e. The Labute approximate surface area is 178 Å². The molecular weight excluding hydrogens is 462 g/mol. The molecule has 0 spiro atoms. The minimum absolute atomic E-state index is 0.171. The zero-order chi connectivity index (χ0) is 19.8. The summed E-state index contributed by atoms with van der Waals surface area (Å²) in [7, 11) is 0. The van der Waals surface area contributed by atoms with Crippen LogP contribution in [0.4, 0.5) is 11.4 Å². The van der Waals surface area contributed by atoms with Gasteiger partial charge in [0.1, 0.15) is 10.9 Å². The molecule has 0 aliphatic carbocycles. The highest BCUT2D eigenvalue weighted by Gasteiger charge is 2.39. The molecule has 2 N–H and O–H groups in total. The molecular formula is C19H12BrN3O3S2. The molecule has 0 radical (unpaired) electrons. The number of thiocarbonyl (C=S) groups is 1. The maximum absolute atomic E-state index is 13.1. The number of hydrogen-bond donors (Lipinski definition) is 2. The fraction of sp³-hybridized carbons (Fsp3) is 0.0526. The van der Waals surface area contributed by atoms with Crippen LogP contribution in [0.15, 0.2) is 57.9 Å². The summed E-state index contributed by atoms with van der Waals surface area (Å²) in [6.07, 6.45) is 0. The van der Waals surface area contributed by atoms with E-state index in [9.17, 15) is 14.4 Å². The second-order valence-electron chi connectivity index (χ2n) is 6.01. The molecule has 2 aliphatic rings.